The van der Waals surface area contributed by atoms with Gasteiger partial charge in [0.2, 0.25) is 0 Å². The molecule has 1 aromatic heterocycles. The normalized spacial score (nSPS) is 11.0. The van der Waals surface area contributed by atoms with Crippen LogP contribution in [0.4, 0.5) is 0 Å². The van der Waals surface area contributed by atoms with Gasteiger partial charge in [-0.15, -0.1) is 3.97 Å². The highest BCUT2D eigenvalue weighted by Gasteiger charge is 2.04. The van der Waals surface area contributed by atoms with Crippen molar-refractivity contribution >= 4 is 22.7 Å². The summed E-state index contributed by atoms with van der Waals surface area (Å²) in [6.45, 7) is 2.27. The van der Waals surface area contributed by atoms with Crippen LogP contribution in [-0.2, 0) is 0 Å². The number of unbranched alkanes of at least 4 members (excludes halogenated alkanes) is 5. The maximum Gasteiger partial charge on any atom is 0.191 e. The summed E-state index contributed by atoms with van der Waals surface area (Å²) in [5.74, 6) is 1.22. The molecule has 1 heterocycles. The molecule has 1 aromatic carbocycles. The first-order valence-electron chi connectivity index (χ1n) is 7.43. The van der Waals surface area contributed by atoms with Crippen molar-refractivity contribution in [3.05, 3.63) is 42.7 Å². The summed E-state index contributed by atoms with van der Waals surface area (Å²) >= 11 is 1.92. The van der Waals surface area contributed by atoms with E-state index in [1.54, 1.807) is 0 Å². The van der Waals surface area contributed by atoms with Crippen molar-refractivity contribution in [2.24, 2.45) is 0 Å². The average Bonchev–Trinajstić information content (AvgIpc) is 2.46. The molecule has 2 rings (SSSR count). The summed E-state index contributed by atoms with van der Waals surface area (Å²) in [4.78, 5) is 0. The Balaban J connectivity index is 1.72. The third-order valence-electron chi connectivity index (χ3n) is 3.40. The zero-order valence-corrected chi connectivity index (χ0v) is 12.7. The van der Waals surface area contributed by atoms with Gasteiger partial charge in [-0.05, 0) is 17.9 Å². The van der Waals surface area contributed by atoms with Crippen LogP contribution >= 0.6 is 11.9 Å². The van der Waals surface area contributed by atoms with Crippen molar-refractivity contribution in [2.45, 2.75) is 45.4 Å². The van der Waals surface area contributed by atoms with Gasteiger partial charge in [0.25, 0.3) is 0 Å². The van der Waals surface area contributed by atoms with Crippen LogP contribution in [0.15, 0.2) is 42.7 Å². The highest BCUT2D eigenvalue weighted by Crippen LogP contribution is 2.12. The van der Waals surface area contributed by atoms with Gasteiger partial charge >= 0.3 is 0 Å². The van der Waals surface area contributed by atoms with E-state index in [-0.39, 0.29) is 0 Å². The van der Waals surface area contributed by atoms with Gasteiger partial charge in [-0.1, -0.05) is 57.2 Å². The quantitative estimate of drug-likeness (QED) is 0.485. The Kier molecular flexibility index (Phi) is 6.22. The van der Waals surface area contributed by atoms with E-state index in [9.17, 15) is 0 Å². The molecule has 1 nitrogen and oxygen atoms in total. The Labute approximate surface area is 121 Å². The van der Waals surface area contributed by atoms with Gasteiger partial charge in [0.05, 0.1) is 5.75 Å². The molecule has 2 heteroatoms. The van der Waals surface area contributed by atoms with Gasteiger partial charge < -0.3 is 0 Å². The number of fused-ring (bicyclic) bond motifs is 1. The van der Waals surface area contributed by atoms with Crippen molar-refractivity contribution in [3.8, 4) is 0 Å². The molecule has 0 bridgehead atoms. The molecule has 0 aliphatic heterocycles. The minimum Gasteiger partial charge on any atom is -0.133 e. The van der Waals surface area contributed by atoms with Crippen molar-refractivity contribution < 1.29 is 3.97 Å². The van der Waals surface area contributed by atoms with Crippen LogP contribution < -0.4 is 3.97 Å². The largest absolute Gasteiger partial charge is 0.191 e. The highest BCUT2D eigenvalue weighted by molar-refractivity contribution is 7.92. The van der Waals surface area contributed by atoms with Gasteiger partial charge in [0.15, 0.2) is 24.3 Å². The molecule has 19 heavy (non-hydrogen) atoms. The maximum atomic E-state index is 2.27. The Morgan fingerprint density at radius 3 is 2.47 bits per heavy atom. The standard InChI is InChI=1S/C17H24NS/c1-2-3-4-5-6-9-14-19-18-13-12-16-10-7-8-11-17(16)15-18/h7-8,10-13,15H,2-6,9,14H2,1H3/q+1. The van der Waals surface area contributed by atoms with Crippen molar-refractivity contribution in [3.63, 3.8) is 0 Å². The molecule has 0 aliphatic carbocycles. The van der Waals surface area contributed by atoms with E-state index in [4.69, 9.17) is 0 Å². The molecular formula is C17H24NS+. The van der Waals surface area contributed by atoms with E-state index in [0.717, 1.165) is 0 Å². The molecular weight excluding hydrogens is 250 g/mol. The lowest BCUT2D eigenvalue weighted by Gasteiger charge is -1.99. The van der Waals surface area contributed by atoms with E-state index in [1.165, 1.54) is 55.1 Å². The molecule has 102 valence electrons. The van der Waals surface area contributed by atoms with Crippen LogP contribution in [0.2, 0.25) is 0 Å². The first kappa shape index (κ1) is 14.4. The monoisotopic (exact) mass is 274 g/mol. The van der Waals surface area contributed by atoms with Gasteiger partial charge in [0, 0.05) is 11.5 Å². The molecule has 2 aromatic rings. The summed E-state index contributed by atoms with van der Waals surface area (Å²) < 4.78 is 2.24. The summed E-state index contributed by atoms with van der Waals surface area (Å²) in [5, 5.41) is 2.64. The molecule has 0 aliphatic rings. The lowest BCUT2D eigenvalue weighted by atomic mass is 10.1. The van der Waals surface area contributed by atoms with Crippen LogP contribution in [0.1, 0.15) is 45.4 Å². The topological polar surface area (TPSA) is 3.88 Å². The summed E-state index contributed by atoms with van der Waals surface area (Å²) in [7, 11) is 0. The third kappa shape index (κ3) is 4.87. The summed E-state index contributed by atoms with van der Waals surface area (Å²) in [6, 6.07) is 10.7. The first-order valence-corrected chi connectivity index (χ1v) is 8.38. The Morgan fingerprint density at radius 2 is 1.63 bits per heavy atom. The zero-order chi connectivity index (χ0) is 13.3. The molecule has 0 unspecified atom stereocenters. The molecule has 0 spiro atoms. The maximum absolute atomic E-state index is 2.27. The van der Waals surface area contributed by atoms with Crippen LogP contribution in [0.3, 0.4) is 0 Å². The van der Waals surface area contributed by atoms with Gasteiger partial charge in [-0.3, -0.25) is 0 Å². The van der Waals surface area contributed by atoms with Gasteiger partial charge in [-0.2, -0.15) is 0 Å². The fourth-order valence-electron chi connectivity index (χ4n) is 2.25. The second-order valence-corrected chi connectivity index (χ2v) is 6.12. The molecule has 0 fully saturated rings. The second kappa shape index (κ2) is 8.21. The van der Waals surface area contributed by atoms with Crippen LogP contribution in [0.5, 0.6) is 0 Å². The first-order chi connectivity index (χ1) is 9.40. The van der Waals surface area contributed by atoms with Crippen LogP contribution in [0.25, 0.3) is 10.8 Å². The average molecular weight is 274 g/mol. The number of rotatable bonds is 8. The molecule has 0 radical (unpaired) electrons. The van der Waals surface area contributed by atoms with E-state index >= 15 is 0 Å². The fourth-order valence-corrected chi connectivity index (χ4v) is 3.13. The summed E-state index contributed by atoms with van der Waals surface area (Å²) in [6.07, 6.45) is 12.6. The Bertz CT molecular complexity index is 495. The number of aromatic nitrogens is 1. The third-order valence-corrected chi connectivity index (χ3v) is 4.40. The second-order valence-electron chi connectivity index (χ2n) is 5.03. The Hall–Kier alpha value is -1.02. The van der Waals surface area contributed by atoms with Gasteiger partial charge in [-0.25, -0.2) is 0 Å². The number of nitrogens with zero attached hydrogens (tertiary/aromatic N) is 1. The number of pyridine rings is 1. The van der Waals surface area contributed by atoms with E-state index in [0.29, 0.717) is 0 Å². The number of hydrogen-bond donors (Lipinski definition) is 0. The lowest BCUT2D eigenvalue weighted by Crippen LogP contribution is -2.24. The van der Waals surface area contributed by atoms with E-state index < -0.39 is 0 Å². The molecule has 0 atom stereocenters. The molecule has 0 amide bonds. The van der Waals surface area contributed by atoms with Crippen molar-refractivity contribution in [2.75, 3.05) is 5.75 Å². The van der Waals surface area contributed by atoms with Crippen molar-refractivity contribution in [1.82, 2.24) is 0 Å². The molecule has 0 saturated carbocycles. The minimum absolute atomic E-state index is 1.22. The predicted molar refractivity (Wildman–Crippen MR) is 85.4 cm³/mol. The van der Waals surface area contributed by atoms with Gasteiger partial charge in [0.1, 0.15) is 0 Å². The van der Waals surface area contributed by atoms with Crippen molar-refractivity contribution in [1.29, 1.82) is 0 Å². The van der Waals surface area contributed by atoms with Crippen LogP contribution in [-0.4, -0.2) is 5.75 Å². The number of hydrogen-bond acceptors (Lipinski definition) is 1. The van der Waals surface area contributed by atoms with E-state index in [2.05, 4.69) is 53.6 Å². The SMILES string of the molecule is CCCCCCCCS[n+]1ccc2ccccc2c1. The zero-order valence-electron chi connectivity index (χ0n) is 11.8. The number of benzene rings is 1. The summed E-state index contributed by atoms with van der Waals surface area (Å²) in [5.41, 5.74) is 0. The Morgan fingerprint density at radius 1 is 0.895 bits per heavy atom. The lowest BCUT2D eigenvalue weighted by molar-refractivity contribution is -0.492. The molecule has 0 N–H and O–H groups in total. The smallest absolute Gasteiger partial charge is 0.133 e. The van der Waals surface area contributed by atoms with E-state index in [1.807, 2.05) is 11.9 Å². The van der Waals surface area contributed by atoms with Crippen LogP contribution in [0, 0.1) is 0 Å². The predicted octanol–water partition coefficient (Wildman–Crippen LogP) is 4.98. The fraction of sp³-hybridized carbons (Fsp3) is 0.471. The minimum atomic E-state index is 1.22. The molecule has 0 saturated heterocycles. The highest BCUT2D eigenvalue weighted by atomic mass is 32.2.